The Labute approximate surface area is 127 Å². The summed E-state index contributed by atoms with van der Waals surface area (Å²) in [5.41, 5.74) is 7.00. The van der Waals surface area contributed by atoms with E-state index >= 15 is 0 Å². The molecule has 20 heavy (non-hydrogen) atoms. The second-order valence-electron chi connectivity index (χ2n) is 4.54. The lowest BCUT2D eigenvalue weighted by Crippen LogP contribution is -2.34. The van der Waals surface area contributed by atoms with Gasteiger partial charge >= 0.3 is 0 Å². The summed E-state index contributed by atoms with van der Waals surface area (Å²) < 4.78 is 27.1. The number of rotatable bonds is 5. The van der Waals surface area contributed by atoms with Crippen molar-refractivity contribution in [2.45, 2.75) is 24.3 Å². The summed E-state index contributed by atoms with van der Waals surface area (Å²) in [5.74, 6) is 0. The number of hydrogen-bond donors (Lipinski definition) is 2. The Morgan fingerprint density at radius 3 is 2.75 bits per heavy atom. The normalized spacial score (nSPS) is 13.3. The van der Waals surface area contributed by atoms with Gasteiger partial charge in [0.1, 0.15) is 0 Å². The third-order valence-electron chi connectivity index (χ3n) is 2.76. The highest BCUT2D eigenvalue weighted by Gasteiger charge is 2.18. The van der Waals surface area contributed by atoms with E-state index < -0.39 is 10.0 Å². The Balaban J connectivity index is 2.12. The van der Waals surface area contributed by atoms with E-state index in [1.807, 2.05) is 23.8 Å². The van der Waals surface area contributed by atoms with Crippen LogP contribution in [0.25, 0.3) is 0 Å². The Bertz CT molecular complexity index is 684. The largest absolute Gasteiger partial charge is 0.397 e. The molecule has 0 radical (unpaired) electrons. The number of nitrogens with two attached hydrogens (primary N) is 1. The van der Waals surface area contributed by atoms with Crippen LogP contribution in [0.2, 0.25) is 5.02 Å². The van der Waals surface area contributed by atoms with Crippen molar-refractivity contribution in [3.05, 3.63) is 45.6 Å². The molecule has 0 aliphatic carbocycles. The van der Waals surface area contributed by atoms with Crippen molar-refractivity contribution in [3.8, 4) is 0 Å². The fraction of sp³-hybridized carbons (Fsp3) is 0.231. The number of sulfonamides is 1. The van der Waals surface area contributed by atoms with E-state index in [1.165, 1.54) is 18.2 Å². The predicted molar refractivity (Wildman–Crippen MR) is 83.7 cm³/mol. The molecule has 0 aliphatic rings. The van der Waals surface area contributed by atoms with Crippen LogP contribution in [0.3, 0.4) is 0 Å². The Hall–Kier alpha value is -1.08. The van der Waals surface area contributed by atoms with Gasteiger partial charge in [0.05, 0.1) is 15.6 Å². The van der Waals surface area contributed by atoms with E-state index in [1.54, 1.807) is 11.3 Å². The molecule has 1 aromatic carbocycles. The molecule has 4 nitrogen and oxygen atoms in total. The topological polar surface area (TPSA) is 72.2 Å². The predicted octanol–water partition coefficient (Wildman–Crippen LogP) is 2.89. The van der Waals surface area contributed by atoms with E-state index in [9.17, 15) is 8.42 Å². The molecule has 1 aromatic heterocycles. The first-order chi connectivity index (χ1) is 9.38. The lowest BCUT2D eigenvalue weighted by Gasteiger charge is -2.14. The molecule has 1 heterocycles. The molecule has 1 atom stereocenters. The highest BCUT2D eigenvalue weighted by atomic mass is 35.5. The standard InChI is InChI=1S/C13H15ClN2O2S2/c1-9(6-10-4-5-19-8-10)16-20(17,18)11-2-3-12(14)13(15)7-11/h2-5,7-9,16H,6,15H2,1H3. The maximum absolute atomic E-state index is 12.2. The molecule has 7 heteroatoms. The Morgan fingerprint density at radius 1 is 1.40 bits per heavy atom. The van der Waals surface area contributed by atoms with Gasteiger partial charge in [-0.15, -0.1) is 0 Å². The zero-order valence-electron chi connectivity index (χ0n) is 10.8. The van der Waals surface area contributed by atoms with Gasteiger partial charge in [0.15, 0.2) is 0 Å². The van der Waals surface area contributed by atoms with Crippen molar-refractivity contribution in [2.24, 2.45) is 0 Å². The van der Waals surface area contributed by atoms with Crippen LogP contribution in [-0.4, -0.2) is 14.5 Å². The molecule has 0 bridgehead atoms. The van der Waals surface area contributed by atoms with E-state index in [4.69, 9.17) is 17.3 Å². The molecule has 2 aromatic rings. The molecule has 0 amide bonds. The van der Waals surface area contributed by atoms with Crippen LogP contribution in [0.15, 0.2) is 39.9 Å². The first-order valence-electron chi connectivity index (χ1n) is 5.97. The second-order valence-corrected chi connectivity index (χ2v) is 7.44. The Morgan fingerprint density at radius 2 is 2.15 bits per heavy atom. The molecular weight excluding hydrogens is 316 g/mol. The first kappa shape index (κ1) is 15.3. The molecule has 3 N–H and O–H groups in total. The van der Waals surface area contributed by atoms with Crippen molar-refractivity contribution >= 4 is 38.6 Å². The number of nitrogens with one attached hydrogen (secondary N) is 1. The van der Waals surface area contributed by atoms with E-state index in [2.05, 4.69) is 4.72 Å². The lowest BCUT2D eigenvalue weighted by atomic mass is 10.1. The summed E-state index contributed by atoms with van der Waals surface area (Å²) in [7, 11) is -3.59. The van der Waals surface area contributed by atoms with Gasteiger partial charge < -0.3 is 5.73 Å². The molecule has 0 spiro atoms. The fourth-order valence-corrected chi connectivity index (χ4v) is 3.90. The number of anilines is 1. The van der Waals surface area contributed by atoms with Gasteiger partial charge in [-0.25, -0.2) is 13.1 Å². The van der Waals surface area contributed by atoms with Crippen LogP contribution >= 0.6 is 22.9 Å². The van der Waals surface area contributed by atoms with Crippen molar-refractivity contribution in [1.29, 1.82) is 0 Å². The summed E-state index contributed by atoms with van der Waals surface area (Å²) in [6.07, 6.45) is 0.645. The summed E-state index contributed by atoms with van der Waals surface area (Å²) in [6.45, 7) is 1.83. The smallest absolute Gasteiger partial charge is 0.240 e. The summed E-state index contributed by atoms with van der Waals surface area (Å²) >= 11 is 7.38. The first-order valence-corrected chi connectivity index (χ1v) is 8.77. The highest BCUT2D eigenvalue weighted by Crippen LogP contribution is 2.22. The molecular formula is C13H15ClN2O2S2. The quantitative estimate of drug-likeness (QED) is 0.828. The van der Waals surface area contributed by atoms with Gasteiger partial charge in [-0.3, -0.25) is 0 Å². The number of nitrogen functional groups attached to an aromatic ring is 1. The highest BCUT2D eigenvalue weighted by molar-refractivity contribution is 7.89. The van der Waals surface area contributed by atoms with Crippen molar-refractivity contribution in [3.63, 3.8) is 0 Å². The molecule has 0 saturated carbocycles. The Kier molecular flexibility index (Phi) is 4.70. The van der Waals surface area contributed by atoms with E-state index in [0.717, 1.165) is 5.56 Å². The van der Waals surface area contributed by atoms with Gasteiger partial charge in [-0.2, -0.15) is 11.3 Å². The average molecular weight is 331 g/mol. The van der Waals surface area contributed by atoms with Crippen molar-refractivity contribution in [2.75, 3.05) is 5.73 Å². The fourth-order valence-electron chi connectivity index (χ4n) is 1.83. The monoisotopic (exact) mass is 330 g/mol. The van der Waals surface area contributed by atoms with Crippen LogP contribution < -0.4 is 10.5 Å². The minimum absolute atomic E-state index is 0.122. The van der Waals surface area contributed by atoms with Crippen molar-refractivity contribution < 1.29 is 8.42 Å². The summed E-state index contributed by atoms with van der Waals surface area (Å²) in [4.78, 5) is 0.122. The zero-order valence-corrected chi connectivity index (χ0v) is 13.2. The SMILES string of the molecule is CC(Cc1ccsc1)NS(=O)(=O)c1ccc(Cl)c(N)c1. The molecule has 0 aliphatic heterocycles. The van der Waals surface area contributed by atoms with Crippen LogP contribution in [-0.2, 0) is 16.4 Å². The molecule has 0 saturated heterocycles. The third kappa shape index (κ3) is 3.73. The van der Waals surface area contributed by atoms with Crippen LogP contribution in [0.1, 0.15) is 12.5 Å². The second kappa shape index (κ2) is 6.13. The third-order valence-corrected chi connectivity index (χ3v) is 5.42. The lowest BCUT2D eigenvalue weighted by molar-refractivity contribution is 0.560. The van der Waals surface area contributed by atoms with Crippen molar-refractivity contribution in [1.82, 2.24) is 4.72 Å². The van der Waals surface area contributed by atoms with E-state index in [-0.39, 0.29) is 16.6 Å². The van der Waals surface area contributed by atoms with Crippen LogP contribution in [0, 0.1) is 0 Å². The molecule has 2 rings (SSSR count). The minimum Gasteiger partial charge on any atom is -0.397 e. The molecule has 0 fully saturated rings. The van der Waals surface area contributed by atoms with Gasteiger partial charge in [0.2, 0.25) is 10.0 Å². The summed E-state index contributed by atoms with van der Waals surface area (Å²) in [5, 5.41) is 4.32. The number of halogens is 1. The van der Waals surface area contributed by atoms with Gasteiger partial charge in [0, 0.05) is 6.04 Å². The maximum atomic E-state index is 12.2. The van der Waals surface area contributed by atoms with Gasteiger partial charge in [0.25, 0.3) is 0 Å². The number of benzene rings is 1. The minimum atomic E-state index is -3.59. The average Bonchev–Trinajstić information content (AvgIpc) is 2.84. The number of thiophene rings is 1. The summed E-state index contributed by atoms with van der Waals surface area (Å²) in [6, 6.07) is 6.07. The molecule has 1 unspecified atom stereocenters. The van der Waals surface area contributed by atoms with Crippen LogP contribution in [0.4, 0.5) is 5.69 Å². The van der Waals surface area contributed by atoms with Gasteiger partial charge in [-0.1, -0.05) is 11.6 Å². The van der Waals surface area contributed by atoms with Gasteiger partial charge in [-0.05, 0) is 53.9 Å². The molecule has 108 valence electrons. The number of hydrogen-bond acceptors (Lipinski definition) is 4. The maximum Gasteiger partial charge on any atom is 0.240 e. The zero-order chi connectivity index (χ0) is 14.8. The van der Waals surface area contributed by atoms with Crippen LogP contribution in [0.5, 0.6) is 0 Å². The van der Waals surface area contributed by atoms with E-state index in [0.29, 0.717) is 11.4 Å².